The molecule has 8 nitrogen and oxygen atoms in total. The van der Waals surface area contributed by atoms with Gasteiger partial charge in [-0.1, -0.05) is 42.5 Å². The van der Waals surface area contributed by atoms with E-state index < -0.39 is 5.97 Å². The number of carbonyl (C=O) groups is 2. The number of thiol groups is 1. The average Bonchev–Trinajstić information content (AvgIpc) is 3.56. The van der Waals surface area contributed by atoms with Gasteiger partial charge in [-0.25, -0.2) is 9.79 Å². The number of ether oxygens (including phenoxy) is 2. The zero-order valence-electron chi connectivity index (χ0n) is 22.2. The predicted octanol–water partition coefficient (Wildman–Crippen LogP) is 4.59. The highest BCUT2D eigenvalue weighted by Gasteiger charge is 2.26. The summed E-state index contributed by atoms with van der Waals surface area (Å²) in [7, 11) is 1.37. The van der Waals surface area contributed by atoms with Crippen LogP contribution in [0.3, 0.4) is 0 Å². The number of methoxy groups -OCH3 is 1. The molecule has 3 aromatic carbocycles. The Labute approximate surface area is 238 Å². The van der Waals surface area contributed by atoms with E-state index in [1.807, 2.05) is 47.4 Å². The first-order chi connectivity index (χ1) is 19.5. The fourth-order valence-electron chi connectivity index (χ4n) is 5.34. The molecule has 3 heterocycles. The molecule has 1 N–H and O–H groups in total. The lowest BCUT2D eigenvalue weighted by Gasteiger charge is -2.27. The molecule has 2 aliphatic rings. The molecule has 1 aromatic heterocycles. The van der Waals surface area contributed by atoms with E-state index in [4.69, 9.17) is 27.1 Å². The fourth-order valence-corrected chi connectivity index (χ4v) is 5.68. The maximum atomic E-state index is 13.0. The van der Waals surface area contributed by atoms with E-state index in [0.717, 1.165) is 57.6 Å². The van der Waals surface area contributed by atoms with Gasteiger partial charge >= 0.3 is 5.97 Å². The van der Waals surface area contributed by atoms with Crippen LogP contribution in [-0.4, -0.2) is 72.3 Å². The summed E-state index contributed by atoms with van der Waals surface area (Å²) in [5.74, 6) is -0.260. The molecule has 6 rings (SSSR count). The van der Waals surface area contributed by atoms with Gasteiger partial charge in [-0.2, -0.15) is 0 Å². The molecule has 204 valence electrons. The van der Waals surface area contributed by atoms with E-state index in [0.29, 0.717) is 43.4 Å². The Morgan fingerprint density at radius 3 is 2.52 bits per heavy atom. The summed E-state index contributed by atoms with van der Waals surface area (Å²) in [6, 6.07) is 21.5. The Balaban J connectivity index is 1.33. The van der Waals surface area contributed by atoms with Crippen molar-refractivity contribution in [3.63, 3.8) is 0 Å². The van der Waals surface area contributed by atoms with Gasteiger partial charge in [0.05, 0.1) is 48.9 Å². The zero-order chi connectivity index (χ0) is 27.6. The molecular formula is C31H30N4O4S. The minimum Gasteiger partial charge on any atom is -0.465 e. The molecule has 4 aromatic rings. The molecule has 40 heavy (non-hydrogen) atoms. The van der Waals surface area contributed by atoms with Crippen LogP contribution in [0.1, 0.15) is 32.6 Å². The number of hydrogen-bond acceptors (Lipinski definition) is 7. The molecule has 0 saturated carbocycles. The van der Waals surface area contributed by atoms with E-state index in [1.165, 1.54) is 7.11 Å². The number of hydrogen-bond donors (Lipinski definition) is 2. The number of benzene rings is 3. The highest BCUT2D eigenvalue weighted by Crippen LogP contribution is 2.32. The zero-order valence-corrected chi connectivity index (χ0v) is 23.1. The molecule has 0 spiro atoms. The number of fused-ring (bicyclic) bond motifs is 2. The SMILES string of the molecule is COC(=O)c1ccc2c(C(=Nc3ccc4c(c3)CN(C(=O)CN3CCOCC3)C4)c3ccccc3)c(S)[nH]c2c1. The minimum absolute atomic E-state index is 0.137. The quantitative estimate of drug-likeness (QED) is 0.207. The topological polar surface area (TPSA) is 87.2 Å². The minimum atomic E-state index is -0.397. The van der Waals surface area contributed by atoms with Gasteiger partial charge < -0.3 is 19.4 Å². The van der Waals surface area contributed by atoms with Crippen molar-refractivity contribution in [1.82, 2.24) is 14.8 Å². The van der Waals surface area contributed by atoms with Crippen molar-refractivity contribution in [3.8, 4) is 0 Å². The first-order valence-corrected chi connectivity index (χ1v) is 13.7. The number of aromatic nitrogens is 1. The van der Waals surface area contributed by atoms with Gasteiger partial charge in [0.2, 0.25) is 5.91 Å². The normalized spacial score (nSPS) is 15.8. The molecule has 0 atom stereocenters. The van der Waals surface area contributed by atoms with Crippen LogP contribution in [-0.2, 0) is 27.4 Å². The van der Waals surface area contributed by atoms with Crippen LogP contribution in [0.15, 0.2) is 76.7 Å². The van der Waals surface area contributed by atoms with Gasteiger partial charge in [0, 0.05) is 48.2 Å². The van der Waals surface area contributed by atoms with Crippen LogP contribution in [0.2, 0.25) is 0 Å². The Bertz CT molecular complexity index is 1610. The Morgan fingerprint density at radius 2 is 1.75 bits per heavy atom. The molecule has 0 aliphatic carbocycles. The van der Waals surface area contributed by atoms with Crippen molar-refractivity contribution in [1.29, 1.82) is 0 Å². The number of aromatic amines is 1. The Morgan fingerprint density at radius 1 is 0.975 bits per heavy atom. The van der Waals surface area contributed by atoms with Crippen molar-refractivity contribution in [2.24, 2.45) is 4.99 Å². The first-order valence-electron chi connectivity index (χ1n) is 13.3. The van der Waals surface area contributed by atoms with Gasteiger partial charge in [0.1, 0.15) is 0 Å². The number of esters is 1. The smallest absolute Gasteiger partial charge is 0.337 e. The van der Waals surface area contributed by atoms with Crippen molar-refractivity contribution < 1.29 is 19.1 Å². The number of morpholine rings is 1. The van der Waals surface area contributed by atoms with Gasteiger partial charge in [0.25, 0.3) is 0 Å². The van der Waals surface area contributed by atoms with Crippen LogP contribution in [0, 0.1) is 0 Å². The third kappa shape index (κ3) is 5.28. The van der Waals surface area contributed by atoms with Crippen LogP contribution in [0.4, 0.5) is 5.69 Å². The number of rotatable bonds is 6. The van der Waals surface area contributed by atoms with Crippen LogP contribution in [0.5, 0.6) is 0 Å². The van der Waals surface area contributed by atoms with Crippen molar-refractivity contribution in [2.45, 2.75) is 18.1 Å². The second kappa shape index (κ2) is 11.3. The number of nitrogens with zero attached hydrogens (tertiary/aromatic N) is 3. The van der Waals surface area contributed by atoms with Gasteiger partial charge in [0.15, 0.2) is 0 Å². The van der Waals surface area contributed by atoms with Gasteiger partial charge in [-0.15, -0.1) is 12.6 Å². The highest BCUT2D eigenvalue weighted by atomic mass is 32.1. The summed E-state index contributed by atoms with van der Waals surface area (Å²) in [4.78, 5) is 37.6. The van der Waals surface area contributed by atoms with Crippen molar-refractivity contribution >= 4 is 46.8 Å². The number of carbonyl (C=O) groups excluding carboxylic acids is 2. The number of nitrogens with one attached hydrogen (secondary N) is 1. The third-order valence-electron chi connectivity index (χ3n) is 7.45. The van der Waals surface area contributed by atoms with Crippen molar-refractivity contribution in [2.75, 3.05) is 40.0 Å². The first kappa shape index (κ1) is 26.3. The molecule has 0 radical (unpaired) electrons. The van der Waals surface area contributed by atoms with E-state index >= 15 is 0 Å². The largest absolute Gasteiger partial charge is 0.465 e. The van der Waals surface area contributed by atoms with E-state index in [2.05, 4.69) is 22.0 Å². The lowest BCUT2D eigenvalue weighted by Crippen LogP contribution is -2.43. The summed E-state index contributed by atoms with van der Waals surface area (Å²) in [6.07, 6.45) is 0. The van der Waals surface area contributed by atoms with E-state index in [-0.39, 0.29) is 5.91 Å². The van der Waals surface area contributed by atoms with Crippen LogP contribution >= 0.6 is 12.6 Å². The lowest BCUT2D eigenvalue weighted by molar-refractivity contribution is -0.134. The van der Waals surface area contributed by atoms with Gasteiger partial charge in [-0.05, 0) is 35.4 Å². The standard InChI is InChI=1S/C31H30N4O4S/c1-38-31(37)21-8-10-25-26(16-21)33-30(40)28(25)29(20-5-3-2-4-6-20)32-24-9-7-22-17-35(18-23(22)15-24)27(36)19-34-11-13-39-14-12-34/h2-10,15-16,33,40H,11-14,17-19H2,1H3. The van der Waals surface area contributed by atoms with Crippen molar-refractivity contribution in [3.05, 3.63) is 94.5 Å². The summed E-state index contributed by atoms with van der Waals surface area (Å²) in [5, 5.41) is 1.56. The molecule has 9 heteroatoms. The summed E-state index contributed by atoms with van der Waals surface area (Å²) in [5.41, 5.74) is 6.84. The third-order valence-corrected chi connectivity index (χ3v) is 7.79. The second-order valence-corrected chi connectivity index (χ2v) is 10.5. The number of aliphatic imine (C=N–C) groups is 1. The predicted molar refractivity (Wildman–Crippen MR) is 157 cm³/mol. The lowest BCUT2D eigenvalue weighted by atomic mass is 10.0. The fraction of sp³-hybridized carbons (Fsp3) is 0.258. The number of amides is 1. The second-order valence-electron chi connectivity index (χ2n) is 10.0. The number of H-pyrrole nitrogens is 1. The van der Waals surface area contributed by atoms with Crippen LogP contribution in [0.25, 0.3) is 10.9 Å². The molecule has 2 aliphatic heterocycles. The van der Waals surface area contributed by atoms with E-state index in [9.17, 15) is 9.59 Å². The molecule has 1 amide bonds. The molecule has 0 bridgehead atoms. The highest BCUT2D eigenvalue weighted by molar-refractivity contribution is 7.80. The summed E-state index contributed by atoms with van der Waals surface area (Å²) in [6.45, 7) is 4.54. The molecular weight excluding hydrogens is 524 g/mol. The summed E-state index contributed by atoms with van der Waals surface area (Å²) >= 11 is 4.77. The molecule has 1 fully saturated rings. The Hall–Kier alpha value is -3.92. The maximum Gasteiger partial charge on any atom is 0.337 e. The van der Waals surface area contributed by atoms with Crippen LogP contribution < -0.4 is 0 Å². The maximum absolute atomic E-state index is 13.0. The van der Waals surface area contributed by atoms with E-state index in [1.54, 1.807) is 12.1 Å². The average molecular weight is 555 g/mol. The van der Waals surface area contributed by atoms with Gasteiger partial charge in [-0.3, -0.25) is 9.69 Å². The summed E-state index contributed by atoms with van der Waals surface area (Å²) < 4.78 is 10.3. The molecule has 0 unspecified atom stereocenters. The Kier molecular flexibility index (Phi) is 7.42. The monoisotopic (exact) mass is 554 g/mol. The molecule has 1 saturated heterocycles.